The molecule has 1 N–H and O–H groups in total. The zero-order valence-electron chi connectivity index (χ0n) is 7.87. The Morgan fingerprint density at radius 3 is 2.67 bits per heavy atom. The zero-order chi connectivity index (χ0) is 10.8. The largest absolute Gasteiger partial charge is 0.324 e. The minimum absolute atomic E-state index is 0.101. The van der Waals surface area contributed by atoms with E-state index in [1.54, 1.807) is 6.07 Å². The Morgan fingerprint density at radius 1 is 1.33 bits per heavy atom. The first-order valence-electron chi connectivity index (χ1n) is 4.49. The number of amides is 3. The number of imide groups is 1. The number of carbonyl (C=O) groups excluding carboxylic acids is 2. The molecule has 0 aliphatic carbocycles. The number of urea groups is 1. The Morgan fingerprint density at radius 2 is 2.07 bits per heavy atom. The number of carbonyl (C=O) groups is 2. The highest BCUT2D eigenvalue weighted by molar-refractivity contribution is 6.31. The average Bonchev–Trinajstić information content (AvgIpc) is 2.49. The molecule has 2 rings (SSSR count). The van der Waals surface area contributed by atoms with E-state index in [0.29, 0.717) is 11.6 Å². The SMILES string of the molecule is O=C1CN(Cc2ccccc2Cl)C(=O)N1. The molecular formula is C10H9ClN2O2. The average molecular weight is 225 g/mol. The molecule has 1 aliphatic heterocycles. The number of nitrogens with zero attached hydrogens (tertiary/aromatic N) is 1. The van der Waals surface area contributed by atoms with Crippen LogP contribution in [0.5, 0.6) is 0 Å². The minimum Gasteiger partial charge on any atom is -0.311 e. The lowest BCUT2D eigenvalue weighted by atomic mass is 10.2. The van der Waals surface area contributed by atoms with Crippen LogP contribution in [-0.4, -0.2) is 23.4 Å². The van der Waals surface area contributed by atoms with Gasteiger partial charge >= 0.3 is 6.03 Å². The van der Waals surface area contributed by atoms with Gasteiger partial charge in [0.05, 0.1) is 0 Å². The van der Waals surface area contributed by atoms with Gasteiger partial charge in [0.25, 0.3) is 0 Å². The molecule has 0 saturated carbocycles. The maximum absolute atomic E-state index is 11.3. The van der Waals surface area contributed by atoms with Crippen molar-refractivity contribution in [3.63, 3.8) is 0 Å². The van der Waals surface area contributed by atoms with E-state index in [2.05, 4.69) is 5.32 Å². The van der Waals surface area contributed by atoms with Crippen molar-refractivity contribution in [1.29, 1.82) is 0 Å². The van der Waals surface area contributed by atoms with Crippen molar-refractivity contribution >= 4 is 23.5 Å². The maximum Gasteiger partial charge on any atom is 0.324 e. The Labute approximate surface area is 91.8 Å². The van der Waals surface area contributed by atoms with Crippen LogP contribution in [-0.2, 0) is 11.3 Å². The van der Waals surface area contributed by atoms with E-state index >= 15 is 0 Å². The first-order chi connectivity index (χ1) is 7.16. The van der Waals surface area contributed by atoms with Crippen LogP contribution in [0.4, 0.5) is 4.79 Å². The van der Waals surface area contributed by atoms with Gasteiger partial charge in [-0.3, -0.25) is 10.1 Å². The lowest BCUT2D eigenvalue weighted by Gasteiger charge is -2.13. The summed E-state index contributed by atoms with van der Waals surface area (Å²) in [5, 5.41) is 2.81. The van der Waals surface area contributed by atoms with Crippen LogP contribution in [0.3, 0.4) is 0 Å². The van der Waals surface area contributed by atoms with Gasteiger partial charge in [-0.2, -0.15) is 0 Å². The van der Waals surface area contributed by atoms with Crippen LogP contribution in [0.15, 0.2) is 24.3 Å². The van der Waals surface area contributed by atoms with Crippen LogP contribution >= 0.6 is 11.6 Å². The quantitative estimate of drug-likeness (QED) is 0.772. The third-order valence-corrected chi connectivity index (χ3v) is 2.56. The normalized spacial score (nSPS) is 15.7. The van der Waals surface area contributed by atoms with Gasteiger partial charge in [-0.15, -0.1) is 0 Å². The van der Waals surface area contributed by atoms with Crippen molar-refractivity contribution in [3.8, 4) is 0 Å². The molecule has 1 fully saturated rings. The van der Waals surface area contributed by atoms with E-state index in [9.17, 15) is 9.59 Å². The van der Waals surface area contributed by atoms with Crippen molar-refractivity contribution in [3.05, 3.63) is 34.9 Å². The summed E-state index contributed by atoms with van der Waals surface area (Å²) in [4.78, 5) is 23.6. The number of benzene rings is 1. The van der Waals surface area contributed by atoms with Gasteiger partial charge in [-0.05, 0) is 11.6 Å². The van der Waals surface area contributed by atoms with Gasteiger partial charge in [-0.1, -0.05) is 29.8 Å². The summed E-state index contributed by atoms with van der Waals surface area (Å²) in [6.07, 6.45) is 0. The van der Waals surface area contributed by atoms with E-state index < -0.39 is 0 Å². The third kappa shape index (κ3) is 2.10. The van der Waals surface area contributed by atoms with E-state index in [4.69, 9.17) is 11.6 Å². The molecule has 0 radical (unpaired) electrons. The topological polar surface area (TPSA) is 49.4 Å². The highest BCUT2D eigenvalue weighted by Gasteiger charge is 2.26. The second-order valence-electron chi connectivity index (χ2n) is 3.30. The summed E-state index contributed by atoms with van der Waals surface area (Å²) in [6.45, 7) is 0.460. The van der Waals surface area contributed by atoms with E-state index in [-0.39, 0.29) is 18.5 Å². The number of hydrogen-bond donors (Lipinski definition) is 1. The second-order valence-corrected chi connectivity index (χ2v) is 3.71. The van der Waals surface area contributed by atoms with Crippen molar-refractivity contribution < 1.29 is 9.59 Å². The molecule has 1 aliphatic rings. The van der Waals surface area contributed by atoms with Gasteiger partial charge in [0.2, 0.25) is 5.91 Å². The predicted molar refractivity (Wildman–Crippen MR) is 55.4 cm³/mol. The maximum atomic E-state index is 11.3. The third-order valence-electron chi connectivity index (χ3n) is 2.19. The van der Waals surface area contributed by atoms with Crippen molar-refractivity contribution in [2.24, 2.45) is 0 Å². The first-order valence-corrected chi connectivity index (χ1v) is 4.87. The Bertz CT molecular complexity index is 420. The molecule has 1 aromatic rings. The number of halogens is 1. The van der Waals surface area contributed by atoms with Crippen LogP contribution in [0.1, 0.15) is 5.56 Å². The molecular weight excluding hydrogens is 216 g/mol. The van der Waals surface area contributed by atoms with Crippen LogP contribution < -0.4 is 5.32 Å². The van der Waals surface area contributed by atoms with Gasteiger partial charge in [0.15, 0.2) is 0 Å². The molecule has 4 nitrogen and oxygen atoms in total. The van der Waals surface area contributed by atoms with Gasteiger partial charge < -0.3 is 4.90 Å². The molecule has 1 saturated heterocycles. The fraction of sp³-hybridized carbons (Fsp3) is 0.200. The summed E-state index contributed by atoms with van der Waals surface area (Å²) >= 11 is 5.94. The summed E-state index contributed by atoms with van der Waals surface area (Å²) < 4.78 is 0. The Balaban J connectivity index is 2.13. The van der Waals surface area contributed by atoms with Gasteiger partial charge in [-0.25, -0.2) is 4.79 Å². The summed E-state index contributed by atoms with van der Waals surface area (Å²) in [6, 6.07) is 6.89. The highest BCUT2D eigenvalue weighted by atomic mass is 35.5. The number of hydrogen-bond acceptors (Lipinski definition) is 2. The smallest absolute Gasteiger partial charge is 0.311 e. The van der Waals surface area contributed by atoms with Crippen LogP contribution in [0.2, 0.25) is 5.02 Å². The molecule has 5 heteroatoms. The standard InChI is InChI=1S/C10H9ClN2O2/c11-8-4-2-1-3-7(8)5-13-6-9(14)12-10(13)15/h1-4H,5-6H2,(H,12,14,15). The Hall–Kier alpha value is -1.55. The minimum atomic E-state index is -0.361. The van der Waals surface area contributed by atoms with Crippen molar-refractivity contribution in [1.82, 2.24) is 10.2 Å². The summed E-state index contributed by atoms with van der Waals surface area (Å²) in [7, 11) is 0. The molecule has 0 aromatic heterocycles. The molecule has 1 aromatic carbocycles. The van der Waals surface area contributed by atoms with E-state index in [1.807, 2.05) is 18.2 Å². The van der Waals surface area contributed by atoms with Crippen molar-refractivity contribution in [2.45, 2.75) is 6.54 Å². The molecule has 78 valence electrons. The van der Waals surface area contributed by atoms with E-state index in [1.165, 1.54) is 4.90 Å². The number of nitrogens with one attached hydrogen (secondary N) is 1. The number of rotatable bonds is 2. The summed E-state index contributed by atoms with van der Waals surface area (Å²) in [5.41, 5.74) is 0.837. The molecule has 0 unspecified atom stereocenters. The lowest BCUT2D eigenvalue weighted by Crippen LogP contribution is -2.27. The monoisotopic (exact) mass is 224 g/mol. The van der Waals surface area contributed by atoms with Crippen molar-refractivity contribution in [2.75, 3.05) is 6.54 Å². The first kappa shape index (κ1) is 9.98. The molecule has 0 atom stereocenters. The molecule has 1 heterocycles. The van der Waals surface area contributed by atoms with E-state index in [0.717, 1.165) is 5.56 Å². The fourth-order valence-corrected chi connectivity index (χ4v) is 1.64. The Kier molecular flexibility index (Phi) is 2.60. The molecule has 0 spiro atoms. The lowest BCUT2D eigenvalue weighted by molar-refractivity contribution is -0.118. The summed E-state index contributed by atoms with van der Waals surface area (Å²) in [5.74, 6) is -0.271. The van der Waals surface area contributed by atoms with Gasteiger partial charge in [0.1, 0.15) is 6.54 Å². The van der Waals surface area contributed by atoms with Gasteiger partial charge in [0, 0.05) is 11.6 Å². The van der Waals surface area contributed by atoms with Crippen LogP contribution in [0, 0.1) is 0 Å². The highest BCUT2D eigenvalue weighted by Crippen LogP contribution is 2.17. The second kappa shape index (κ2) is 3.90. The fourth-order valence-electron chi connectivity index (χ4n) is 1.44. The molecule has 15 heavy (non-hydrogen) atoms. The molecule has 0 bridgehead atoms. The zero-order valence-corrected chi connectivity index (χ0v) is 8.62. The van der Waals surface area contributed by atoms with Crippen LogP contribution in [0.25, 0.3) is 0 Å². The predicted octanol–water partition coefficient (Wildman–Crippen LogP) is 1.39. The molecule has 3 amide bonds.